The number of nitrogens with two attached hydrogens (primary N) is 4. The predicted octanol–water partition coefficient (Wildman–Crippen LogP) is 8.70. The summed E-state index contributed by atoms with van der Waals surface area (Å²) in [5.74, 6) is 0.216. The molecule has 95 heavy (non-hydrogen) atoms. The summed E-state index contributed by atoms with van der Waals surface area (Å²) in [4.78, 5) is 104. The van der Waals surface area contributed by atoms with Gasteiger partial charge >= 0.3 is 0 Å². The fourth-order valence-corrected chi connectivity index (χ4v) is 9.32. The first-order chi connectivity index (χ1) is 45.8. The molecule has 5 amide bonds. The van der Waals surface area contributed by atoms with Crippen molar-refractivity contribution in [2.24, 2.45) is 42.9 Å². The first-order valence-corrected chi connectivity index (χ1v) is 29.7. The van der Waals surface area contributed by atoms with Gasteiger partial charge in [0.05, 0.1) is 69.8 Å². The molecular weight excluding hydrogens is 1230 g/mol. The van der Waals surface area contributed by atoms with Gasteiger partial charge in [-0.1, -0.05) is 145 Å². The minimum absolute atomic E-state index is 0.0155. The standard InChI is InChI=1S/C18H18N6O2.2C17H17N5O.C16H14ClN5O/c1-11(25)20-13-8-6-12(7-9-13)10-16(26)23-17(19)24-18-21-14-4-2-3-5-15(14)22-18;1-11-6-5-9-13-15(11)21-17(19-13)22-16(18)20-14(23)10-12-7-3-2-4-8-12;1-11-7-8-13-14(9-11)20-17(19-13)22-16(18)21-15(23)10-12-5-3-2-4-6-12;17-11-6-7-12-13(9-11)20-16(19-12)22-15(18)21-14(23)8-10-4-2-1-3-5-10/h2-9H,10H2,1H3,(H,20,25)(H4,19,21,22,23,24,26);2*2-9H,10H2,1H3,(H4,18,19,20,21,22,23);1-7,9H,8H2,(H4,18,19,20,21,22,23). The summed E-state index contributed by atoms with van der Waals surface area (Å²) in [6.07, 6.45) is 0.857. The molecule has 0 atom stereocenters. The molecule has 27 heteroatoms. The third-order valence-corrected chi connectivity index (χ3v) is 13.6. The number of benzene rings is 8. The van der Waals surface area contributed by atoms with Crippen molar-refractivity contribution < 1.29 is 24.0 Å². The molecule has 0 saturated heterocycles. The summed E-state index contributed by atoms with van der Waals surface area (Å²) in [7, 11) is 0. The first-order valence-electron chi connectivity index (χ1n) is 29.4. The van der Waals surface area contributed by atoms with E-state index in [1.807, 2.05) is 166 Å². The van der Waals surface area contributed by atoms with E-state index < -0.39 is 0 Å². The molecule has 17 N–H and O–H groups in total. The van der Waals surface area contributed by atoms with Crippen molar-refractivity contribution >= 4 is 139 Å². The van der Waals surface area contributed by atoms with Gasteiger partial charge in [0, 0.05) is 17.6 Å². The molecule has 4 aromatic heterocycles. The van der Waals surface area contributed by atoms with Gasteiger partial charge in [-0.2, -0.15) is 20.0 Å². The molecule has 8 aromatic carbocycles. The number of rotatable bonds is 13. The number of hydrogen-bond acceptors (Lipinski definition) is 13. The highest BCUT2D eigenvalue weighted by atomic mass is 35.5. The van der Waals surface area contributed by atoms with Crippen LogP contribution in [-0.2, 0) is 49.7 Å². The van der Waals surface area contributed by atoms with Crippen LogP contribution in [0.3, 0.4) is 0 Å². The Morgan fingerprint density at radius 3 is 1.21 bits per heavy atom. The fraction of sp³-hybridized carbons (Fsp3) is 0.103. The number of aliphatic imine (C=N–C) groups is 4. The van der Waals surface area contributed by atoms with E-state index in [2.05, 4.69) is 86.4 Å². The zero-order valence-corrected chi connectivity index (χ0v) is 52.4. The smallest absolute Gasteiger partial charge is 0.231 e. The topological polar surface area (TPSA) is 414 Å². The second-order valence-corrected chi connectivity index (χ2v) is 21.6. The molecule has 26 nitrogen and oxygen atoms in total. The number of halogens is 1. The maximum absolute atomic E-state index is 12.1. The average molecular weight is 1290 g/mol. The molecule has 4 heterocycles. The van der Waals surface area contributed by atoms with Crippen LogP contribution in [0.2, 0.25) is 5.02 Å². The Morgan fingerprint density at radius 2 is 0.768 bits per heavy atom. The quantitative estimate of drug-likeness (QED) is 0.0380. The summed E-state index contributed by atoms with van der Waals surface area (Å²) in [5.41, 5.74) is 35.9. The number of anilines is 1. The van der Waals surface area contributed by atoms with Crippen molar-refractivity contribution in [3.05, 3.63) is 233 Å². The van der Waals surface area contributed by atoms with Gasteiger partial charge in [-0.3, -0.25) is 45.2 Å². The highest BCUT2D eigenvalue weighted by Gasteiger charge is 2.12. The van der Waals surface area contributed by atoms with Crippen LogP contribution in [0.4, 0.5) is 29.5 Å². The van der Waals surface area contributed by atoms with Crippen molar-refractivity contribution in [3.8, 4) is 0 Å². The molecule has 12 rings (SSSR count). The zero-order valence-electron chi connectivity index (χ0n) is 51.6. The minimum Gasteiger partial charge on any atom is -0.369 e. The minimum atomic E-state index is -0.297. The number of nitrogens with one attached hydrogen (secondary N) is 9. The average Bonchev–Trinajstić information content (AvgIpc) is 1.73. The molecule has 480 valence electrons. The zero-order chi connectivity index (χ0) is 67.2. The number of fused-ring (bicyclic) bond motifs is 4. The van der Waals surface area contributed by atoms with E-state index in [1.165, 1.54) is 6.92 Å². The SMILES string of the molecule is CC(=O)Nc1ccc(CC(=O)NC(N)=Nc2nc3ccccc3[nH]2)cc1.Cc1ccc2nc(N=C(N)NC(=O)Cc3ccccc3)[nH]c2c1.Cc1cccc2[nH]c(N=C(N)NC(=O)Cc3ccccc3)nc12.NC(=Nc1nc2ccc(Cl)cc2[nH]1)NC(=O)Cc1ccccc1. The Morgan fingerprint density at radius 1 is 0.400 bits per heavy atom. The second kappa shape index (κ2) is 32.3. The number of hydrogen-bond donors (Lipinski definition) is 13. The molecule has 0 aliphatic carbocycles. The van der Waals surface area contributed by atoms with E-state index in [9.17, 15) is 24.0 Å². The van der Waals surface area contributed by atoms with Crippen LogP contribution in [0.1, 0.15) is 40.3 Å². The van der Waals surface area contributed by atoms with Crippen LogP contribution in [0, 0.1) is 13.8 Å². The summed E-state index contributed by atoms with van der Waals surface area (Å²) < 4.78 is 0. The lowest BCUT2D eigenvalue weighted by Crippen LogP contribution is -2.37. The highest BCUT2D eigenvalue weighted by molar-refractivity contribution is 6.31. The van der Waals surface area contributed by atoms with Crippen molar-refractivity contribution in [3.63, 3.8) is 0 Å². The number of carbonyl (C=O) groups is 5. The summed E-state index contributed by atoms with van der Waals surface area (Å²) in [5, 5.41) is 13.5. The maximum atomic E-state index is 12.1. The van der Waals surface area contributed by atoms with Gasteiger partial charge in [0.2, 0.25) is 77.2 Å². The maximum Gasteiger partial charge on any atom is 0.231 e. The second-order valence-electron chi connectivity index (χ2n) is 21.1. The Labute approximate surface area is 548 Å². The number of amides is 5. The Bertz CT molecular complexity index is 4610. The Hall–Kier alpha value is -12.8. The third-order valence-electron chi connectivity index (χ3n) is 13.4. The number of para-hydroxylation sites is 3. The largest absolute Gasteiger partial charge is 0.369 e. The number of carbonyl (C=O) groups excluding carboxylic acids is 5. The van der Waals surface area contributed by atoms with E-state index in [0.29, 0.717) is 34.5 Å². The fourth-order valence-electron chi connectivity index (χ4n) is 9.15. The van der Waals surface area contributed by atoms with Crippen molar-refractivity contribution in [2.45, 2.75) is 46.5 Å². The van der Waals surface area contributed by atoms with Crippen LogP contribution in [0.5, 0.6) is 0 Å². The van der Waals surface area contributed by atoms with Crippen LogP contribution >= 0.6 is 11.6 Å². The van der Waals surface area contributed by atoms with E-state index in [-0.39, 0.29) is 79.1 Å². The molecule has 0 aliphatic heterocycles. The summed E-state index contributed by atoms with van der Waals surface area (Å²) >= 11 is 5.91. The Kier molecular flexibility index (Phi) is 22.6. The lowest BCUT2D eigenvalue weighted by atomic mass is 10.1. The first kappa shape index (κ1) is 66.6. The van der Waals surface area contributed by atoms with Gasteiger partial charge in [0.15, 0.2) is 0 Å². The molecular formula is C68H66ClN21O5. The number of guanidine groups is 4. The number of aromatic nitrogens is 8. The number of H-pyrrole nitrogens is 4. The normalized spacial score (nSPS) is 11.5. The van der Waals surface area contributed by atoms with Gasteiger partial charge in [0.1, 0.15) is 0 Å². The molecule has 0 bridgehead atoms. The number of nitrogens with zero attached hydrogens (tertiary/aromatic N) is 8. The molecule has 0 fully saturated rings. The van der Waals surface area contributed by atoms with Gasteiger partial charge in [0.25, 0.3) is 0 Å². The van der Waals surface area contributed by atoms with E-state index >= 15 is 0 Å². The van der Waals surface area contributed by atoms with Gasteiger partial charge in [-0.25, -0.2) is 19.9 Å². The van der Waals surface area contributed by atoms with Crippen molar-refractivity contribution in [1.29, 1.82) is 0 Å². The Balaban J connectivity index is 0.000000149. The number of aromatic amines is 4. The summed E-state index contributed by atoms with van der Waals surface area (Å²) in [6, 6.07) is 59.7. The van der Waals surface area contributed by atoms with Crippen LogP contribution < -0.4 is 49.5 Å². The molecule has 0 unspecified atom stereocenters. The van der Waals surface area contributed by atoms with E-state index in [4.69, 9.17) is 34.5 Å². The predicted molar refractivity (Wildman–Crippen MR) is 371 cm³/mol. The van der Waals surface area contributed by atoms with Crippen LogP contribution in [0.25, 0.3) is 44.1 Å². The molecule has 0 aliphatic rings. The number of aryl methyl sites for hydroxylation is 2. The third kappa shape index (κ3) is 20.9. The van der Waals surface area contributed by atoms with Crippen LogP contribution in [-0.4, -0.2) is 93.2 Å². The van der Waals surface area contributed by atoms with Gasteiger partial charge in [-0.05, 0) is 108 Å². The number of imidazole rings is 4. The van der Waals surface area contributed by atoms with Crippen molar-refractivity contribution in [1.82, 2.24) is 61.1 Å². The lowest BCUT2D eigenvalue weighted by molar-refractivity contribution is -0.119. The van der Waals surface area contributed by atoms with Crippen LogP contribution in [0.15, 0.2) is 214 Å². The van der Waals surface area contributed by atoms with E-state index in [1.54, 1.807) is 42.5 Å². The van der Waals surface area contributed by atoms with Gasteiger partial charge in [-0.15, -0.1) is 0 Å². The molecule has 12 aromatic rings. The molecule has 0 radical (unpaired) electrons. The lowest BCUT2D eigenvalue weighted by Gasteiger charge is -2.06. The van der Waals surface area contributed by atoms with Gasteiger partial charge < -0.3 is 48.2 Å². The van der Waals surface area contributed by atoms with E-state index in [0.717, 1.165) is 77.5 Å². The molecule has 0 spiro atoms. The monoisotopic (exact) mass is 1290 g/mol. The highest BCUT2D eigenvalue weighted by Crippen LogP contribution is 2.22. The summed E-state index contributed by atoms with van der Waals surface area (Å²) in [6.45, 7) is 5.41. The molecule has 0 saturated carbocycles. The van der Waals surface area contributed by atoms with Crippen molar-refractivity contribution in [2.75, 3.05) is 5.32 Å².